The zero-order valence-corrected chi connectivity index (χ0v) is 10.6. The molecule has 1 N–H and O–H groups in total. The van der Waals surface area contributed by atoms with Gasteiger partial charge in [0, 0.05) is 13.7 Å². The zero-order valence-electron chi connectivity index (χ0n) is 9.85. The fraction of sp³-hybridized carbons (Fsp3) is 0.417. The van der Waals surface area contributed by atoms with E-state index in [1.165, 1.54) is 0 Å². The molecule has 0 aliphatic rings. The molecule has 1 unspecified atom stereocenters. The number of ether oxygens (including phenoxy) is 1. The molecule has 17 heavy (non-hydrogen) atoms. The van der Waals surface area contributed by atoms with Gasteiger partial charge in [-0.05, 0) is 19.1 Å². The molecular weight excluding hydrogens is 240 g/mol. The van der Waals surface area contributed by atoms with Gasteiger partial charge in [0.05, 0.1) is 22.7 Å². The van der Waals surface area contributed by atoms with Gasteiger partial charge in [0.1, 0.15) is 11.9 Å². The molecule has 1 atom stereocenters. The first-order valence-electron chi connectivity index (χ1n) is 5.46. The summed E-state index contributed by atoms with van der Waals surface area (Å²) >= 11 is 6.18. The Morgan fingerprint density at radius 3 is 2.94 bits per heavy atom. The molecule has 1 heterocycles. The average Bonchev–Trinajstić information content (AvgIpc) is 2.66. The van der Waals surface area contributed by atoms with Crippen molar-refractivity contribution in [1.29, 1.82) is 0 Å². The number of halogens is 1. The fourth-order valence-electron chi connectivity index (χ4n) is 1.89. The molecule has 0 aliphatic carbocycles. The molecule has 0 bridgehead atoms. The van der Waals surface area contributed by atoms with Crippen molar-refractivity contribution in [1.82, 2.24) is 9.55 Å². The molecule has 1 aromatic heterocycles. The summed E-state index contributed by atoms with van der Waals surface area (Å²) in [6, 6.07) is 5.56. The molecule has 5 heteroatoms. The lowest BCUT2D eigenvalue weighted by Gasteiger charge is -2.10. The lowest BCUT2D eigenvalue weighted by molar-refractivity contribution is 0.167. The van der Waals surface area contributed by atoms with Gasteiger partial charge in [-0.3, -0.25) is 0 Å². The van der Waals surface area contributed by atoms with Gasteiger partial charge in [-0.25, -0.2) is 4.98 Å². The predicted octanol–water partition coefficient (Wildman–Crippen LogP) is 2.39. The number of aliphatic hydroxyl groups excluding tert-OH is 1. The lowest BCUT2D eigenvalue weighted by atomic mass is 10.3. The van der Waals surface area contributed by atoms with E-state index < -0.39 is 6.10 Å². The van der Waals surface area contributed by atoms with Crippen molar-refractivity contribution in [2.24, 2.45) is 0 Å². The van der Waals surface area contributed by atoms with Crippen LogP contribution in [0.25, 0.3) is 11.0 Å². The minimum atomic E-state index is -0.629. The van der Waals surface area contributed by atoms with Gasteiger partial charge in [-0.15, -0.1) is 0 Å². The van der Waals surface area contributed by atoms with Crippen LogP contribution in [0.5, 0.6) is 0 Å². The quantitative estimate of drug-likeness (QED) is 0.911. The fourth-order valence-corrected chi connectivity index (χ4v) is 2.16. The van der Waals surface area contributed by atoms with Gasteiger partial charge < -0.3 is 14.4 Å². The van der Waals surface area contributed by atoms with Crippen molar-refractivity contribution in [3.05, 3.63) is 29.0 Å². The van der Waals surface area contributed by atoms with Gasteiger partial charge in [0.15, 0.2) is 0 Å². The first-order chi connectivity index (χ1) is 8.15. The van der Waals surface area contributed by atoms with Crippen molar-refractivity contribution < 1.29 is 9.84 Å². The Kier molecular flexibility index (Phi) is 3.66. The number of aromatic nitrogens is 2. The maximum Gasteiger partial charge on any atom is 0.138 e. The molecule has 2 rings (SSSR count). The normalized spacial score (nSPS) is 13.2. The predicted molar refractivity (Wildman–Crippen MR) is 67.3 cm³/mol. The second-order valence-corrected chi connectivity index (χ2v) is 4.31. The van der Waals surface area contributed by atoms with E-state index in [1.807, 2.05) is 22.8 Å². The maximum atomic E-state index is 9.73. The van der Waals surface area contributed by atoms with Gasteiger partial charge in [0.25, 0.3) is 0 Å². The second kappa shape index (κ2) is 5.04. The van der Waals surface area contributed by atoms with E-state index in [1.54, 1.807) is 14.0 Å². The zero-order chi connectivity index (χ0) is 12.4. The maximum absolute atomic E-state index is 9.73. The minimum Gasteiger partial charge on any atom is -0.385 e. The number of fused-ring (bicyclic) bond motifs is 1. The number of hydrogen-bond donors (Lipinski definition) is 1. The van der Waals surface area contributed by atoms with Crippen LogP contribution in [0, 0.1) is 0 Å². The third-order valence-corrected chi connectivity index (χ3v) is 2.94. The third-order valence-electron chi connectivity index (χ3n) is 2.64. The van der Waals surface area contributed by atoms with Gasteiger partial charge in [-0.2, -0.15) is 0 Å². The number of methoxy groups -OCH3 is 1. The summed E-state index contributed by atoms with van der Waals surface area (Å²) in [5, 5.41) is 10.4. The van der Waals surface area contributed by atoms with E-state index in [9.17, 15) is 5.11 Å². The minimum absolute atomic E-state index is 0.552. The van der Waals surface area contributed by atoms with Crippen LogP contribution in [0.3, 0.4) is 0 Å². The highest BCUT2D eigenvalue weighted by Crippen LogP contribution is 2.26. The van der Waals surface area contributed by atoms with Gasteiger partial charge in [0.2, 0.25) is 0 Å². The molecule has 0 fully saturated rings. The van der Waals surface area contributed by atoms with E-state index in [0.717, 1.165) is 11.0 Å². The molecule has 0 aliphatic heterocycles. The molecular formula is C12H15ClN2O2. The summed E-state index contributed by atoms with van der Waals surface area (Å²) in [5.74, 6) is 0.616. The first kappa shape index (κ1) is 12.4. The number of para-hydroxylation sites is 1. The Morgan fingerprint density at radius 1 is 1.53 bits per heavy atom. The number of nitrogens with zero attached hydrogens (tertiary/aromatic N) is 2. The number of rotatable bonds is 4. The smallest absolute Gasteiger partial charge is 0.138 e. The molecule has 2 aromatic rings. The monoisotopic (exact) mass is 254 g/mol. The highest BCUT2D eigenvalue weighted by Gasteiger charge is 2.16. The molecule has 92 valence electrons. The number of aliphatic hydroxyl groups is 1. The van der Waals surface area contributed by atoms with Gasteiger partial charge in [-0.1, -0.05) is 17.7 Å². The summed E-state index contributed by atoms with van der Waals surface area (Å²) < 4.78 is 6.97. The van der Waals surface area contributed by atoms with Crippen LogP contribution in [0.15, 0.2) is 18.2 Å². The van der Waals surface area contributed by atoms with Gasteiger partial charge >= 0.3 is 0 Å². The van der Waals surface area contributed by atoms with E-state index in [4.69, 9.17) is 16.3 Å². The summed E-state index contributed by atoms with van der Waals surface area (Å²) in [6.07, 6.45) is -0.629. The van der Waals surface area contributed by atoms with Crippen LogP contribution < -0.4 is 0 Å². The highest BCUT2D eigenvalue weighted by molar-refractivity contribution is 6.35. The highest BCUT2D eigenvalue weighted by atomic mass is 35.5. The molecule has 0 spiro atoms. The first-order valence-corrected chi connectivity index (χ1v) is 5.84. The molecule has 0 amide bonds. The van der Waals surface area contributed by atoms with Crippen LogP contribution in [-0.4, -0.2) is 28.4 Å². The Balaban J connectivity index is 2.60. The number of hydrogen-bond acceptors (Lipinski definition) is 3. The van der Waals surface area contributed by atoms with Crippen molar-refractivity contribution in [2.75, 3.05) is 13.7 Å². The molecule has 4 nitrogen and oxygen atoms in total. The van der Waals surface area contributed by atoms with Crippen molar-refractivity contribution in [3.63, 3.8) is 0 Å². The average molecular weight is 255 g/mol. The van der Waals surface area contributed by atoms with E-state index in [0.29, 0.717) is 24.0 Å². The Bertz CT molecular complexity index is 522. The molecule has 0 saturated heterocycles. The van der Waals surface area contributed by atoms with Crippen LogP contribution in [0.2, 0.25) is 5.02 Å². The van der Waals surface area contributed by atoms with E-state index >= 15 is 0 Å². The summed E-state index contributed by atoms with van der Waals surface area (Å²) in [7, 11) is 1.64. The summed E-state index contributed by atoms with van der Waals surface area (Å²) in [5.41, 5.74) is 1.65. The van der Waals surface area contributed by atoms with Crippen molar-refractivity contribution in [3.8, 4) is 0 Å². The molecule has 0 radical (unpaired) electrons. The lowest BCUT2D eigenvalue weighted by Crippen LogP contribution is -2.10. The second-order valence-electron chi connectivity index (χ2n) is 3.90. The van der Waals surface area contributed by atoms with Crippen LogP contribution in [0.1, 0.15) is 18.9 Å². The molecule has 0 saturated carbocycles. The number of benzene rings is 1. The topological polar surface area (TPSA) is 47.3 Å². The van der Waals surface area contributed by atoms with Crippen molar-refractivity contribution >= 4 is 22.6 Å². The standard InChI is InChI=1S/C12H15ClN2O2/c1-8(16)12-14-10-5-3-4-9(13)11(10)15(12)6-7-17-2/h3-5,8,16H,6-7H2,1-2H3. The SMILES string of the molecule is COCCn1c(C(C)O)nc2cccc(Cl)c21. The molecule has 1 aromatic carbocycles. The van der Waals surface area contributed by atoms with Crippen LogP contribution >= 0.6 is 11.6 Å². The Labute approximate surface area is 105 Å². The van der Waals surface area contributed by atoms with Crippen LogP contribution in [-0.2, 0) is 11.3 Å². The largest absolute Gasteiger partial charge is 0.385 e. The van der Waals surface area contributed by atoms with E-state index in [-0.39, 0.29) is 0 Å². The number of imidazole rings is 1. The summed E-state index contributed by atoms with van der Waals surface area (Å²) in [6.45, 7) is 2.87. The van der Waals surface area contributed by atoms with Crippen LogP contribution in [0.4, 0.5) is 0 Å². The Morgan fingerprint density at radius 2 is 2.29 bits per heavy atom. The van der Waals surface area contributed by atoms with E-state index in [2.05, 4.69) is 4.98 Å². The summed E-state index contributed by atoms with van der Waals surface area (Å²) in [4.78, 5) is 4.40. The Hall–Kier alpha value is -1.10. The van der Waals surface area contributed by atoms with Crippen molar-refractivity contribution in [2.45, 2.75) is 19.6 Å². The third kappa shape index (κ3) is 2.29.